The van der Waals surface area contributed by atoms with Gasteiger partial charge in [-0.1, -0.05) is 32.6 Å². The first-order chi connectivity index (χ1) is 10.9. The van der Waals surface area contributed by atoms with Gasteiger partial charge in [-0.05, 0) is 92.1 Å². The van der Waals surface area contributed by atoms with Gasteiger partial charge in [0.1, 0.15) is 5.60 Å². The Balaban J connectivity index is 1.66. The summed E-state index contributed by atoms with van der Waals surface area (Å²) in [4.78, 5) is 0. The van der Waals surface area contributed by atoms with Crippen molar-refractivity contribution in [2.75, 3.05) is 0 Å². The molecule has 0 bridgehead atoms. The Kier molecular flexibility index (Phi) is 3.83. The third kappa shape index (κ3) is 2.10. The van der Waals surface area contributed by atoms with Crippen molar-refractivity contribution in [1.29, 1.82) is 0 Å². The molecular weight excluding hydrogens is 304 g/mol. The number of hydrogen-bond acceptors (Lipinski definition) is 1. The summed E-state index contributed by atoms with van der Waals surface area (Å²) in [6.07, 6.45) is 13.0. The second-order valence-electron chi connectivity index (χ2n) is 9.48. The molecule has 4 aliphatic carbocycles. The Morgan fingerprint density at radius 3 is 2.48 bits per heavy atom. The Labute approximate surface area is 146 Å². The molecule has 4 fully saturated rings. The van der Waals surface area contributed by atoms with Crippen LogP contribution in [0.3, 0.4) is 0 Å². The maximum Gasteiger partial charge on any atom is 0.132 e. The number of hydrogen-bond donors (Lipinski definition) is 1. The molecule has 0 aliphatic heterocycles. The minimum atomic E-state index is -0.852. The van der Waals surface area contributed by atoms with E-state index in [-0.39, 0.29) is 5.41 Å². The van der Waals surface area contributed by atoms with Crippen molar-refractivity contribution in [3.63, 3.8) is 0 Å². The fraction of sp³-hybridized carbons (Fsp3) is 0.905. The number of fused-ring (bicyclic) bond motifs is 5. The molecule has 4 aliphatic rings. The monoisotopic (exact) mass is 334 g/mol. The molecular formula is C21H31ClO. The zero-order valence-electron chi connectivity index (χ0n) is 14.7. The van der Waals surface area contributed by atoms with E-state index in [4.69, 9.17) is 11.6 Å². The van der Waals surface area contributed by atoms with Crippen LogP contribution in [-0.2, 0) is 0 Å². The summed E-state index contributed by atoms with van der Waals surface area (Å²) in [7, 11) is 0. The fourth-order valence-electron chi connectivity index (χ4n) is 7.59. The smallest absolute Gasteiger partial charge is 0.132 e. The molecule has 1 N–H and O–H groups in total. The van der Waals surface area contributed by atoms with E-state index in [1.807, 2.05) is 0 Å². The minimum Gasteiger partial charge on any atom is -0.377 e. The fourth-order valence-corrected chi connectivity index (χ4v) is 7.75. The van der Waals surface area contributed by atoms with Gasteiger partial charge in [0.05, 0.1) is 0 Å². The Morgan fingerprint density at radius 2 is 1.70 bits per heavy atom. The van der Waals surface area contributed by atoms with Gasteiger partial charge in [0.15, 0.2) is 0 Å². The highest BCUT2D eigenvalue weighted by Gasteiger charge is 2.64. The molecule has 0 unspecified atom stereocenters. The molecule has 0 spiro atoms. The number of rotatable bonds is 0. The first-order valence-electron chi connectivity index (χ1n) is 9.80. The van der Waals surface area contributed by atoms with Crippen molar-refractivity contribution in [2.24, 2.45) is 34.5 Å². The predicted octanol–water partition coefficient (Wildman–Crippen LogP) is 5.35. The van der Waals surface area contributed by atoms with E-state index in [2.05, 4.69) is 25.1 Å². The largest absolute Gasteiger partial charge is 0.377 e. The van der Waals surface area contributed by atoms with Crippen LogP contribution in [0.1, 0.15) is 78.1 Å². The molecule has 0 heterocycles. The first-order valence-corrected chi connectivity index (χ1v) is 10.2. The zero-order chi connectivity index (χ0) is 16.3. The highest BCUT2D eigenvalue weighted by Crippen LogP contribution is 2.68. The van der Waals surface area contributed by atoms with Crippen LogP contribution in [0.25, 0.3) is 0 Å². The lowest BCUT2D eigenvalue weighted by Crippen LogP contribution is -2.55. The lowest BCUT2D eigenvalue weighted by atomic mass is 9.44. The molecule has 2 heteroatoms. The predicted molar refractivity (Wildman–Crippen MR) is 94.9 cm³/mol. The Hall–Kier alpha value is -0.190. The standard InChI is InChI=1S/C21H31ClO/c1-19-10-4-3-5-15(19)6-7-16-17(19)8-11-20(2)18(16)9-12-21(20,23)13-14-22/h15-18,23H,3-12H2,1-2H3/t15-,16-,17+,18-,19-,20-,21-/m1/s1. The van der Waals surface area contributed by atoms with Crippen LogP contribution in [0.5, 0.6) is 0 Å². The highest BCUT2D eigenvalue weighted by molar-refractivity contribution is 6.30. The van der Waals surface area contributed by atoms with Gasteiger partial charge in [-0.15, -0.1) is 0 Å². The molecule has 0 radical (unpaired) electrons. The number of halogens is 1. The van der Waals surface area contributed by atoms with Crippen molar-refractivity contribution < 1.29 is 5.11 Å². The van der Waals surface area contributed by atoms with Gasteiger partial charge in [-0.3, -0.25) is 0 Å². The van der Waals surface area contributed by atoms with E-state index in [1.54, 1.807) is 0 Å². The highest BCUT2D eigenvalue weighted by atomic mass is 35.5. The zero-order valence-corrected chi connectivity index (χ0v) is 15.5. The van der Waals surface area contributed by atoms with E-state index in [0.29, 0.717) is 11.3 Å². The lowest BCUT2D eigenvalue weighted by molar-refractivity contribution is -0.134. The molecule has 0 aromatic carbocycles. The summed E-state index contributed by atoms with van der Waals surface area (Å²) < 4.78 is 0. The van der Waals surface area contributed by atoms with Crippen LogP contribution in [0.2, 0.25) is 0 Å². The van der Waals surface area contributed by atoms with Crippen molar-refractivity contribution in [1.82, 2.24) is 0 Å². The third-order valence-electron chi connectivity index (χ3n) is 8.99. The van der Waals surface area contributed by atoms with Crippen LogP contribution < -0.4 is 0 Å². The molecule has 4 saturated carbocycles. The van der Waals surface area contributed by atoms with Gasteiger partial charge >= 0.3 is 0 Å². The molecule has 23 heavy (non-hydrogen) atoms. The van der Waals surface area contributed by atoms with Crippen molar-refractivity contribution >= 4 is 11.6 Å². The molecule has 4 rings (SSSR count). The molecule has 7 atom stereocenters. The van der Waals surface area contributed by atoms with E-state index >= 15 is 0 Å². The molecule has 0 saturated heterocycles. The van der Waals surface area contributed by atoms with Crippen molar-refractivity contribution in [2.45, 2.75) is 83.7 Å². The summed E-state index contributed by atoms with van der Waals surface area (Å²) in [5.74, 6) is 6.28. The third-order valence-corrected chi connectivity index (χ3v) is 9.08. The average molecular weight is 335 g/mol. The summed E-state index contributed by atoms with van der Waals surface area (Å²) in [5, 5.41) is 13.7. The molecule has 0 aromatic heterocycles. The summed E-state index contributed by atoms with van der Waals surface area (Å²) >= 11 is 5.69. The Morgan fingerprint density at radius 1 is 0.913 bits per heavy atom. The topological polar surface area (TPSA) is 20.2 Å². The summed E-state index contributed by atoms with van der Waals surface area (Å²) in [5.41, 5.74) is -0.329. The minimum absolute atomic E-state index is 0.0477. The SMILES string of the molecule is C[C@@]12CCCC[C@@H]1CC[C@H]1[C@H]3CC[C@@](O)(C#CCl)[C@]3(C)CC[C@@H]12. The van der Waals surface area contributed by atoms with E-state index in [0.717, 1.165) is 37.0 Å². The van der Waals surface area contributed by atoms with Crippen LogP contribution in [0.15, 0.2) is 0 Å². The Bertz CT molecular complexity index is 548. The summed E-state index contributed by atoms with van der Waals surface area (Å²) in [6, 6.07) is 0. The van der Waals surface area contributed by atoms with E-state index in [9.17, 15) is 5.11 Å². The van der Waals surface area contributed by atoms with Gasteiger partial charge in [0.25, 0.3) is 0 Å². The molecule has 1 nitrogen and oxygen atoms in total. The first kappa shape index (κ1) is 16.3. The second kappa shape index (κ2) is 5.40. The van der Waals surface area contributed by atoms with Crippen molar-refractivity contribution in [3.8, 4) is 11.3 Å². The van der Waals surface area contributed by atoms with Crippen LogP contribution >= 0.6 is 11.6 Å². The normalized spacial score (nSPS) is 55.1. The average Bonchev–Trinajstić information content (AvgIpc) is 2.79. The quantitative estimate of drug-likeness (QED) is 0.592. The maximum absolute atomic E-state index is 11.2. The van der Waals surface area contributed by atoms with Gasteiger partial charge in [-0.2, -0.15) is 0 Å². The number of aliphatic hydroxyl groups is 1. The maximum atomic E-state index is 11.2. The van der Waals surface area contributed by atoms with Gasteiger partial charge in [0.2, 0.25) is 0 Å². The van der Waals surface area contributed by atoms with Gasteiger partial charge in [0, 0.05) is 10.8 Å². The van der Waals surface area contributed by atoms with E-state index < -0.39 is 5.60 Å². The van der Waals surface area contributed by atoms with Gasteiger partial charge in [-0.25, -0.2) is 0 Å². The molecule has 128 valence electrons. The van der Waals surface area contributed by atoms with E-state index in [1.165, 1.54) is 44.9 Å². The second-order valence-corrected chi connectivity index (χ2v) is 9.67. The van der Waals surface area contributed by atoms with Crippen LogP contribution in [0, 0.1) is 45.8 Å². The molecule has 0 amide bonds. The molecule has 0 aromatic rings. The van der Waals surface area contributed by atoms with Crippen molar-refractivity contribution in [3.05, 3.63) is 0 Å². The lowest BCUT2D eigenvalue weighted by Gasteiger charge is -2.60. The van der Waals surface area contributed by atoms with Gasteiger partial charge < -0.3 is 5.11 Å². The summed E-state index contributed by atoms with van der Waals surface area (Å²) in [6.45, 7) is 4.91. The van der Waals surface area contributed by atoms with Crippen LogP contribution in [0.4, 0.5) is 0 Å². The van der Waals surface area contributed by atoms with Crippen LogP contribution in [-0.4, -0.2) is 10.7 Å².